The topological polar surface area (TPSA) is 46.1 Å². The standard InChI is InChI=1S/C19H29NO2S/c21-17(11-22-12-18-2-1-3-23-18)10-20-13-19-7-14-4-15(8-19)6-16(5-14)9-19/h1-3,14-17,20-21H,4-13H2/p+1/t14?,15?,16?,17-,19?/m1/s1. The number of quaternary nitrogens is 1. The van der Waals surface area contributed by atoms with Crippen LogP contribution in [0.3, 0.4) is 0 Å². The van der Waals surface area contributed by atoms with Gasteiger partial charge >= 0.3 is 0 Å². The van der Waals surface area contributed by atoms with E-state index in [2.05, 4.69) is 16.8 Å². The zero-order chi connectivity index (χ0) is 15.7. The van der Waals surface area contributed by atoms with E-state index in [0.717, 1.165) is 24.3 Å². The third-order valence-corrected chi connectivity index (χ3v) is 7.17. The van der Waals surface area contributed by atoms with E-state index in [0.29, 0.717) is 18.6 Å². The Hall–Kier alpha value is -0.420. The van der Waals surface area contributed by atoms with Gasteiger partial charge in [0.2, 0.25) is 0 Å². The van der Waals surface area contributed by atoms with Gasteiger partial charge in [0.25, 0.3) is 0 Å². The highest BCUT2D eigenvalue weighted by molar-refractivity contribution is 7.09. The van der Waals surface area contributed by atoms with Gasteiger partial charge in [-0.3, -0.25) is 0 Å². The highest BCUT2D eigenvalue weighted by atomic mass is 32.1. The van der Waals surface area contributed by atoms with Crippen molar-refractivity contribution in [2.45, 2.75) is 51.2 Å². The van der Waals surface area contributed by atoms with Crippen molar-refractivity contribution in [3.05, 3.63) is 22.4 Å². The zero-order valence-electron chi connectivity index (χ0n) is 14.0. The molecular formula is C19H30NO2S+. The molecule has 4 saturated carbocycles. The number of rotatable bonds is 8. The van der Waals surface area contributed by atoms with Crippen molar-refractivity contribution in [2.24, 2.45) is 23.2 Å². The molecule has 1 aromatic heterocycles. The van der Waals surface area contributed by atoms with Gasteiger partial charge in [0.1, 0.15) is 12.6 Å². The van der Waals surface area contributed by atoms with Gasteiger partial charge in [-0.2, -0.15) is 0 Å². The van der Waals surface area contributed by atoms with E-state index in [1.807, 2.05) is 6.07 Å². The summed E-state index contributed by atoms with van der Waals surface area (Å²) >= 11 is 1.71. The molecule has 0 amide bonds. The lowest BCUT2D eigenvalue weighted by molar-refractivity contribution is -0.675. The molecule has 4 fully saturated rings. The van der Waals surface area contributed by atoms with Crippen molar-refractivity contribution in [2.75, 3.05) is 19.7 Å². The van der Waals surface area contributed by atoms with Gasteiger partial charge in [-0.05, 0) is 67.7 Å². The average Bonchev–Trinajstić information content (AvgIpc) is 2.99. The molecule has 1 aromatic rings. The monoisotopic (exact) mass is 336 g/mol. The fourth-order valence-electron chi connectivity index (χ4n) is 5.88. The van der Waals surface area contributed by atoms with E-state index in [-0.39, 0.29) is 6.10 Å². The van der Waals surface area contributed by atoms with Crippen LogP contribution >= 0.6 is 11.3 Å². The molecular weight excluding hydrogens is 306 g/mol. The Balaban J connectivity index is 1.17. The lowest BCUT2D eigenvalue weighted by Crippen LogP contribution is -2.89. The van der Waals surface area contributed by atoms with Crippen LogP contribution < -0.4 is 5.32 Å². The average molecular weight is 337 g/mol. The Morgan fingerprint density at radius 2 is 1.91 bits per heavy atom. The molecule has 1 atom stereocenters. The van der Waals surface area contributed by atoms with Gasteiger partial charge in [-0.25, -0.2) is 0 Å². The molecule has 3 N–H and O–H groups in total. The molecule has 0 aromatic carbocycles. The summed E-state index contributed by atoms with van der Waals surface area (Å²) in [5.74, 6) is 3.07. The maximum atomic E-state index is 10.1. The van der Waals surface area contributed by atoms with Crippen LogP contribution in [-0.2, 0) is 11.3 Å². The van der Waals surface area contributed by atoms with Crippen LogP contribution in [0.25, 0.3) is 0 Å². The molecule has 23 heavy (non-hydrogen) atoms. The molecule has 4 bridgehead atoms. The molecule has 0 aliphatic heterocycles. The zero-order valence-corrected chi connectivity index (χ0v) is 14.8. The molecule has 0 saturated heterocycles. The van der Waals surface area contributed by atoms with Gasteiger partial charge in [-0.1, -0.05) is 6.07 Å². The quantitative estimate of drug-likeness (QED) is 0.766. The minimum atomic E-state index is -0.344. The van der Waals surface area contributed by atoms with Crippen LogP contribution in [-0.4, -0.2) is 30.9 Å². The summed E-state index contributed by atoms with van der Waals surface area (Å²) in [7, 11) is 0. The fourth-order valence-corrected chi connectivity index (χ4v) is 6.52. The number of hydrogen-bond acceptors (Lipinski definition) is 3. The van der Waals surface area contributed by atoms with Crippen LogP contribution in [0.15, 0.2) is 17.5 Å². The number of hydrogen-bond donors (Lipinski definition) is 2. The minimum absolute atomic E-state index is 0.344. The summed E-state index contributed by atoms with van der Waals surface area (Å²) in [5, 5.41) is 14.6. The van der Waals surface area contributed by atoms with Gasteiger partial charge in [0.15, 0.2) is 0 Å². The second kappa shape index (κ2) is 6.83. The van der Waals surface area contributed by atoms with E-state index < -0.39 is 0 Å². The van der Waals surface area contributed by atoms with Crippen molar-refractivity contribution >= 4 is 11.3 Å². The third-order valence-electron chi connectivity index (χ3n) is 6.32. The third kappa shape index (κ3) is 3.81. The van der Waals surface area contributed by atoms with Crippen LogP contribution in [0, 0.1) is 23.2 Å². The molecule has 4 heteroatoms. The van der Waals surface area contributed by atoms with E-state index in [4.69, 9.17) is 4.74 Å². The Kier molecular flexibility index (Phi) is 4.77. The first-order valence-corrected chi connectivity index (χ1v) is 10.2. The van der Waals surface area contributed by atoms with E-state index in [9.17, 15) is 5.11 Å². The van der Waals surface area contributed by atoms with Crippen molar-refractivity contribution in [1.29, 1.82) is 0 Å². The summed E-state index contributed by atoms with van der Waals surface area (Å²) in [6.45, 7) is 3.09. The summed E-state index contributed by atoms with van der Waals surface area (Å²) < 4.78 is 5.63. The number of thiophene rings is 1. The number of aliphatic hydroxyl groups excluding tert-OH is 1. The maximum absolute atomic E-state index is 10.1. The summed E-state index contributed by atoms with van der Waals surface area (Å²) in [4.78, 5) is 1.23. The lowest BCUT2D eigenvalue weighted by atomic mass is 9.49. The van der Waals surface area contributed by atoms with Gasteiger partial charge in [0, 0.05) is 10.3 Å². The van der Waals surface area contributed by atoms with Crippen molar-refractivity contribution in [1.82, 2.24) is 0 Å². The van der Waals surface area contributed by atoms with Gasteiger partial charge in [0.05, 0.1) is 19.8 Å². The molecule has 0 unspecified atom stereocenters. The highest BCUT2D eigenvalue weighted by Gasteiger charge is 2.51. The second-order valence-electron chi connectivity index (χ2n) is 8.39. The Bertz CT molecular complexity index is 466. The van der Waals surface area contributed by atoms with E-state index in [1.54, 1.807) is 11.3 Å². The van der Waals surface area contributed by atoms with Gasteiger partial charge < -0.3 is 15.2 Å². The first-order chi connectivity index (χ1) is 11.2. The number of ether oxygens (including phenoxy) is 1. The van der Waals surface area contributed by atoms with Crippen LogP contribution in [0.4, 0.5) is 0 Å². The normalized spacial score (nSPS) is 36.5. The highest BCUT2D eigenvalue weighted by Crippen LogP contribution is 2.59. The van der Waals surface area contributed by atoms with E-state index >= 15 is 0 Å². The van der Waals surface area contributed by atoms with Crippen molar-refractivity contribution < 1.29 is 15.2 Å². The maximum Gasteiger partial charge on any atom is 0.126 e. The summed E-state index contributed by atoms with van der Waals surface area (Å²) in [5.41, 5.74) is 0.603. The predicted molar refractivity (Wildman–Crippen MR) is 92.2 cm³/mol. The van der Waals surface area contributed by atoms with Crippen molar-refractivity contribution in [3.8, 4) is 0 Å². The van der Waals surface area contributed by atoms with Crippen LogP contribution in [0.2, 0.25) is 0 Å². The van der Waals surface area contributed by atoms with E-state index in [1.165, 1.54) is 49.9 Å². The Labute approximate surface area is 143 Å². The molecule has 0 spiro atoms. The molecule has 4 aliphatic rings. The minimum Gasteiger partial charge on any atom is -0.385 e. The van der Waals surface area contributed by atoms with Crippen LogP contribution in [0.5, 0.6) is 0 Å². The second-order valence-corrected chi connectivity index (χ2v) is 9.43. The molecule has 128 valence electrons. The largest absolute Gasteiger partial charge is 0.385 e. The molecule has 0 radical (unpaired) electrons. The summed E-state index contributed by atoms with van der Waals surface area (Å²) in [6, 6.07) is 4.12. The smallest absolute Gasteiger partial charge is 0.126 e. The molecule has 5 rings (SSSR count). The fraction of sp³-hybridized carbons (Fsp3) is 0.789. The Morgan fingerprint density at radius 3 is 2.52 bits per heavy atom. The first kappa shape index (κ1) is 16.1. The first-order valence-electron chi connectivity index (χ1n) is 9.31. The number of aliphatic hydroxyl groups is 1. The lowest BCUT2D eigenvalue weighted by Gasteiger charge is -2.56. The molecule has 3 nitrogen and oxygen atoms in total. The summed E-state index contributed by atoms with van der Waals surface area (Å²) in [6.07, 6.45) is 8.57. The SMILES string of the molecule is O[C@H](C[NH2+]CC12CC3CC(CC(C3)C1)C2)COCc1cccs1. The number of nitrogens with two attached hydrogens (primary N) is 1. The Morgan fingerprint density at radius 1 is 1.22 bits per heavy atom. The van der Waals surface area contributed by atoms with Crippen LogP contribution in [0.1, 0.15) is 43.4 Å². The van der Waals surface area contributed by atoms with Gasteiger partial charge in [-0.15, -0.1) is 11.3 Å². The molecule has 1 heterocycles. The predicted octanol–water partition coefficient (Wildman–Crippen LogP) is 2.41. The van der Waals surface area contributed by atoms with Crippen molar-refractivity contribution in [3.63, 3.8) is 0 Å². The molecule has 4 aliphatic carbocycles.